The highest BCUT2D eigenvalue weighted by molar-refractivity contribution is 6.30. The number of carbonyl (C=O) groups is 1. The second kappa shape index (κ2) is 7.31. The van der Waals surface area contributed by atoms with Crippen LogP contribution in [-0.2, 0) is 10.4 Å². The molecule has 0 heterocycles. The van der Waals surface area contributed by atoms with E-state index in [1.165, 1.54) is 0 Å². The second-order valence-corrected chi connectivity index (χ2v) is 5.06. The standard InChI is InChI=1S/C15H20ClNO2/c1-2-3-4-5-6-10-15(19,14(17)18)12-8-7-9-13(16)11-12/h2,7-9,11,19H,1,3-6,10H2,(H2,17,18). The number of carbonyl (C=O) groups excluding carboxylic acids is 1. The molecule has 1 aromatic rings. The molecule has 0 aromatic heterocycles. The van der Waals surface area contributed by atoms with E-state index in [0.29, 0.717) is 17.0 Å². The molecule has 1 aromatic carbocycles. The van der Waals surface area contributed by atoms with Gasteiger partial charge in [0.25, 0.3) is 5.91 Å². The smallest absolute Gasteiger partial charge is 0.254 e. The highest BCUT2D eigenvalue weighted by Crippen LogP contribution is 2.29. The van der Waals surface area contributed by atoms with Gasteiger partial charge in [-0.1, -0.05) is 36.2 Å². The SMILES string of the molecule is C=CCCCCCC(O)(C(N)=O)c1cccc(Cl)c1. The summed E-state index contributed by atoms with van der Waals surface area (Å²) in [5, 5.41) is 11.0. The molecule has 0 saturated heterocycles. The van der Waals surface area contributed by atoms with Gasteiger partial charge < -0.3 is 10.8 Å². The van der Waals surface area contributed by atoms with E-state index < -0.39 is 11.5 Å². The summed E-state index contributed by atoms with van der Waals surface area (Å²) in [5.74, 6) is -0.738. The van der Waals surface area contributed by atoms with Crippen molar-refractivity contribution in [2.24, 2.45) is 5.73 Å². The Hall–Kier alpha value is -1.32. The van der Waals surface area contributed by atoms with Crippen molar-refractivity contribution >= 4 is 17.5 Å². The zero-order chi connectivity index (χ0) is 14.3. The van der Waals surface area contributed by atoms with Crippen molar-refractivity contribution in [1.82, 2.24) is 0 Å². The molecule has 0 fully saturated rings. The molecule has 1 rings (SSSR count). The van der Waals surface area contributed by atoms with Gasteiger partial charge in [-0.2, -0.15) is 0 Å². The molecular formula is C15H20ClNO2. The van der Waals surface area contributed by atoms with Crippen molar-refractivity contribution in [3.8, 4) is 0 Å². The fourth-order valence-corrected chi connectivity index (χ4v) is 2.19. The van der Waals surface area contributed by atoms with E-state index in [1.807, 2.05) is 6.08 Å². The quantitative estimate of drug-likeness (QED) is 0.568. The average Bonchev–Trinajstić information content (AvgIpc) is 2.38. The number of amides is 1. The average molecular weight is 282 g/mol. The van der Waals surface area contributed by atoms with Crippen molar-refractivity contribution in [1.29, 1.82) is 0 Å². The van der Waals surface area contributed by atoms with Gasteiger partial charge in [0, 0.05) is 5.02 Å². The van der Waals surface area contributed by atoms with E-state index in [2.05, 4.69) is 6.58 Å². The Kier molecular flexibility index (Phi) is 6.06. The molecule has 3 N–H and O–H groups in total. The van der Waals surface area contributed by atoms with Crippen LogP contribution in [0.15, 0.2) is 36.9 Å². The topological polar surface area (TPSA) is 63.3 Å². The zero-order valence-electron chi connectivity index (χ0n) is 10.9. The summed E-state index contributed by atoms with van der Waals surface area (Å²) in [7, 11) is 0. The number of hydrogen-bond donors (Lipinski definition) is 2. The minimum atomic E-state index is -1.64. The van der Waals surface area contributed by atoms with Crippen LogP contribution < -0.4 is 5.73 Å². The van der Waals surface area contributed by atoms with Gasteiger partial charge in [0.05, 0.1) is 0 Å². The van der Waals surface area contributed by atoms with E-state index >= 15 is 0 Å². The van der Waals surface area contributed by atoms with Crippen LogP contribution >= 0.6 is 11.6 Å². The minimum Gasteiger partial charge on any atom is -0.375 e. The maximum Gasteiger partial charge on any atom is 0.254 e. The lowest BCUT2D eigenvalue weighted by molar-refractivity contribution is -0.138. The minimum absolute atomic E-state index is 0.305. The molecule has 0 aliphatic carbocycles. The summed E-state index contributed by atoms with van der Waals surface area (Å²) in [5.41, 5.74) is 4.16. The van der Waals surface area contributed by atoms with Crippen LogP contribution in [0.5, 0.6) is 0 Å². The molecule has 104 valence electrons. The molecule has 1 unspecified atom stereocenters. The van der Waals surface area contributed by atoms with Crippen molar-refractivity contribution in [2.75, 3.05) is 0 Å². The molecule has 1 amide bonds. The number of rotatable bonds is 8. The summed E-state index contributed by atoms with van der Waals surface area (Å²) >= 11 is 5.88. The molecule has 3 nitrogen and oxygen atoms in total. The lowest BCUT2D eigenvalue weighted by Gasteiger charge is -2.25. The lowest BCUT2D eigenvalue weighted by atomic mass is 9.87. The third kappa shape index (κ3) is 4.37. The van der Waals surface area contributed by atoms with Crippen LogP contribution in [0.1, 0.15) is 37.7 Å². The maximum absolute atomic E-state index is 11.6. The largest absolute Gasteiger partial charge is 0.375 e. The first-order valence-corrected chi connectivity index (χ1v) is 6.77. The first-order valence-electron chi connectivity index (χ1n) is 6.40. The number of hydrogen-bond acceptors (Lipinski definition) is 2. The summed E-state index contributed by atoms with van der Waals surface area (Å²) in [6, 6.07) is 6.64. The maximum atomic E-state index is 11.6. The third-order valence-electron chi connectivity index (χ3n) is 3.16. The molecular weight excluding hydrogens is 262 g/mol. The molecule has 0 spiro atoms. The predicted molar refractivity (Wildman–Crippen MR) is 77.8 cm³/mol. The van der Waals surface area contributed by atoms with Crippen molar-refractivity contribution in [2.45, 2.75) is 37.7 Å². The van der Waals surface area contributed by atoms with Crippen LogP contribution in [0.25, 0.3) is 0 Å². The zero-order valence-corrected chi connectivity index (χ0v) is 11.7. The van der Waals surface area contributed by atoms with Gasteiger partial charge in [-0.25, -0.2) is 0 Å². The Bertz CT molecular complexity index is 448. The van der Waals surface area contributed by atoms with Crippen LogP contribution in [0.2, 0.25) is 5.02 Å². The van der Waals surface area contributed by atoms with Gasteiger partial charge in [-0.05, 0) is 43.4 Å². The molecule has 19 heavy (non-hydrogen) atoms. The summed E-state index contributed by atoms with van der Waals surface area (Å²) in [6.07, 6.45) is 5.74. The normalized spacial score (nSPS) is 13.8. The predicted octanol–water partition coefficient (Wildman–Crippen LogP) is 3.15. The fraction of sp³-hybridized carbons (Fsp3) is 0.400. The van der Waals surface area contributed by atoms with Gasteiger partial charge in [0.15, 0.2) is 5.60 Å². The summed E-state index contributed by atoms with van der Waals surface area (Å²) in [6.45, 7) is 3.65. The Balaban J connectivity index is 2.74. The molecule has 0 radical (unpaired) electrons. The van der Waals surface area contributed by atoms with Gasteiger partial charge >= 0.3 is 0 Å². The van der Waals surface area contributed by atoms with Crippen molar-refractivity contribution in [3.05, 3.63) is 47.5 Å². The second-order valence-electron chi connectivity index (χ2n) is 4.62. The summed E-state index contributed by atoms with van der Waals surface area (Å²) in [4.78, 5) is 11.6. The van der Waals surface area contributed by atoms with Gasteiger partial charge in [-0.15, -0.1) is 6.58 Å². The third-order valence-corrected chi connectivity index (χ3v) is 3.39. The number of nitrogens with two attached hydrogens (primary N) is 1. The molecule has 0 saturated carbocycles. The Morgan fingerprint density at radius 1 is 1.42 bits per heavy atom. The van der Waals surface area contributed by atoms with Crippen LogP contribution in [0.3, 0.4) is 0 Å². The van der Waals surface area contributed by atoms with E-state index in [9.17, 15) is 9.90 Å². The van der Waals surface area contributed by atoms with E-state index in [0.717, 1.165) is 25.7 Å². The first-order chi connectivity index (χ1) is 9.00. The number of aliphatic hydroxyl groups is 1. The van der Waals surface area contributed by atoms with Crippen molar-refractivity contribution < 1.29 is 9.90 Å². The Morgan fingerprint density at radius 2 is 2.16 bits per heavy atom. The van der Waals surface area contributed by atoms with Crippen LogP contribution in [0.4, 0.5) is 0 Å². The number of allylic oxidation sites excluding steroid dienone is 1. The Labute approximate surface area is 119 Å². The highest BCUT2D eigenvalue weighted by atomic mass is 35.5. The van der Waals surface area contributed by atoms with Crippen LogP contribution in [-0.4, -0.2) is 11.0 Å². The van der Waals surface area contributed by atoms with Crippen LogP contribution in [0, 0.1) is 0 Å². The first kappa shape index (κ1) is 15.7. The highest BCUT2D eigenvalue weighted by Gasteiger charge is 2.35. The number of benzene rings is 1. The van der Waals surface area contributed by atoms with Gasteiger partial charge in [0.2, 0.25) is 0 Å². The monoisotopic (exact) mass is 281 g/mol. The van der Waals surface area contributed by atoms with Crippen molar-refractivity contribution in [3.63, 3.8) is 0 Å². The van der Waals surface area contributed by atoms with E-state index in [1.54, 1.807) is 24.3 Å². The van der Waals surface area contributed by atoms with E-state index in [4.69, 9.17) is 17.3 Å². The summed E-state index contributed by atoms with van der Waals surface area (Å²) < 4.78 is 0. The fourth-order valence-electron chi connectivity index (χ4n) is 2.00. The number of primary amides is 1. The van der Waals surface area contributed by atoms with E-state index in [-0.39, 0.29) is 0 Å². The molecule has 0 aliphatic heterocycles. The molecule has 1 atom stereocenters. The lowest BCUT2D eigenvalue weighted by Crippen LogP contribution is -2.41. The molecule has 0 aliphatic rings. The molecule has 4 heteroatoms. The van der Waals surface area contributed by atoms with Gasteiger partial charge in [-0.3, -0.25) is 4.79 Å². The number of unbranched alkanes of at least 4 members (excludes halogenated alkanes) is 3. The number of halogens is 1. The Morgan fingerprint density at radius 3 is 2.74 bits per heavy atom. The van der Waals surface area contributed by atoms with Gasteiger partial charge in [0.1, 0.15) is 0 Å². The molecule has 0 bridgehead atoms.